The lowest BCUT2D eigenvalue weighted by molar-refractivity contribution is -0.133. The molecule has 0 spiro atoms. The Balaban J connectivity index is 2.19. The van der Waals surface area contributed by atoms with Crippen LogP contribution in [-0.4, -0.2) is 17.9 Å². The van der Waals surface area contributed by atoms with Crippen molar-refractivity contribution in [3.63, 3.8) is 0 Å². The van der Waals surface area contributed by atoms with Gasteiger partial charge < -0.3 is 11.1 Å². The van der Waals surface area contributed by atoms with Gasteiger partial charge in [-0.1, -0.05) is 23.2 Å². The Morgan fingerprint density at radius 2 is 1.89 bits per heavy atom. The summed E-state index contributed by atoms with van der Waals surface area (Å²) in [6.45, 7) is 0. The van der Waals surface area contributed by atoms with Crippen molar-refractivity contribution in [2.75, 3.05) is 11.1 Å². The molecule has 1 aromatic carbocycles. The van der Waals surface area contributed by atoms with Crippen molar-refractivity contribution >= 4 is 46.4 Å². The second kappa shape index (κ2) is 5.04. The van der Waals surface area contributed by atoms with Crippen LogP contribution in [0.5, 0.6) is 0 Å². The lowest BCUT2D eigenvalue weighted by atomic mass is 10.1. The van der Waals surface area contributed by atoms with Crippen molar-refractivity contribution in [1.29, 1.82) is 0 Å². The molecule has 4 N–H and O–H groups in total. The molecule has 96 valence electrons. The largest absolute Gasteiger partial charge is 0.399 e. The third kappa shape index (κ3) is 2.68. The minimum absolute atomic E-state index is 0.271. The van der Waals surface area contributed by atoms with Crippen molar-refractivity contribution in [1.82, 2.24) is 5.32 Å². The molecule has 2 rings (SSSR count). The van der Waals surface area contributed by atoms with E-state index in [1.54, 1.807) is 12.1 Å². The highest BCUT2D eigenvalue weighted by molar-refractivity contribution is 6.39. The first kappa shape index (κ1) is 13.0. The van der Waals surface area contributed by atoms with E-state index >= 15 is 0 Å². The van der Waals surface area contributed by atoms with Crippen LogP contribution in [0, 0.1) is 0 Å². The van der Waals surface area contributed by atoms with Crippen LogP contribution in [0.25, 0.3) is 0 Å². The van der Waals surface area contributed by atoms with Crippen LogP contribution in [-0.2, 0) is 9.59 Å². The van der Waals surface area contributed by atoms with E-state index in [0.717, 1.165) is 0 Å². The summed E-state index contributed by atoms with van der Waals surface area (Å²) in [5.41, 5.74) is 6.48. The SMILES string of the molecule is Nc1cc(Cl)c(NC2CCC(=O)NC2=O)c(Cl)c1. The number of piperidine rings is 1. The maximum absolute atomic E-state index is 11.6. The van der Waals surface area contributed by atoms with Gasteiger partial charge >= 0.3 is 0 Å². The monoisotopic (exact) mass is 287 g/mol. The molecule has 0 radical (unpaired) electrons. The molecule has 1 heterocycles. The van der Waals surface area contributed by atoms with Gasteiger partial charge in [-0.15, -0.1) is 0 Å². The van der Waals surface area contributed by atoms with Gasteiger partial charge in [0.2, 0.25) is 11.8 Å². The van der Waals surface area contributed by atoms with E-state index in [0.29, 0.717) is 27.8 Å². The molecule has 1 aliphatic rings. The number of halogens is 2. The predicted molar refractivity (Wildman–Crippen MR) is 70.7 cm³/mol. The Kier molecular flexibility index (Phi) is 3.63. The fraction of sp³-hybridized carbons (Fsp3) is 0.273. The number of nitrogens with two attached hydrogens (primary N) is 1. The summed E-state index contributed by atoms with van der Waals surface area (Å²) >= 11 is 12.0. The standard InChI is InChI=1S/C11H11Cl2N3O2/c12-6-3-5(14)4-7(13)10(6)15-8-1-2-9(17)16-11(8)18/h3-4,8,15H,1-2,14H2,(H,16,17,18). The molecule has 1 saturated heterocycles. The zero-order valence-electron chi connectivity index (χ0n) is 9.30. The topological polar surface area (TPSA) is 84.2 Å². The number of anilines is 2. The summed E-state index contributed by atoms with van der Waals surface area (Å²) in [6, 6.07) is 2.56. The van der Waals surface area contributed by atoms with Crippen LogP contribution in [0.2, 0.25) is 10.0 Å². The molecule has 1 aromatic rings. The Hall–Kier alpha value is -1.46. The summed E-state index contributed by atoms with van der Waals surface area (Å²) in [6.07, 6.45) is 0.690. The Morgan fingerprint density at radius 3 is 2.44 bits per heavy atom. The number of amides is 2. The van der Waals surface area contributed by atoms with Gasteiger partial charge in [0, 0.05) is 12.1 Å². The van der Waals surface area contributed by atoms with Crippen molar-refractivity contribution in [3.05, 3.63) is 22.2 Å². The van der Waals surface area contributed by atoms with Crippen molar-refractivity contribution in [2.24, 2.45) is 0 Å². The molecule has 7 heteroatoms. The molecule has 5 nitrogen and oxygen atoms in total. The van der Waals surface area contributed by atoms with E-state index in [9.17, 15) is 9.59 Å². The maximum Gasteiger partial charge on any atom is 0.249 e. The fourth-order valence-corrected chi connectivity index (χ4v) is 2.35. The van der Waals surface area contributed by atoms with Crippen LogP contribution in [0.3, 0.4) is 0 Å². The summed E-state index contributed by atoms with van der Waals surface area (Å²) < 4.78 is 0. The van der Waals surface area contributed by atoms with Gasteiger partial charge in [0.15, 0.2) is 0 Å². The fourth-order valence-electron chi connectivity index (χ4n) is 1.74. The smallest absolute Gasteiger partial charge is 0.249 e. The summed E-state index contributed by atoms with van der Waals surface area (Å²) in [5, 5.41) is 5.86. The number of hydrogen-bond donors (Lipinski definition) is 3. The molecule has 1 aliphatic heterocycles. The summed E-state index contributed by atoms with van der Waals surface area (Å²) in [7, 11) is 0. The van der Waals surface area contributed by atoms with Gasteiger partial charge in [-0.25, -0.2) is 0 Å². The van der Waals surface area contributed by atoms with E-state index in [2.05, 4.69) is 10.6 Å². The normalized spacial score (nSPS) is 19.6. The van der Waals surface area contributed by atoms with E-state index in [-0.39, 0.29) is 18.2 Å². The average Bonchev–Trinajstić information content (AvgIpc) is 2.25. The number of hydrogen-bond acceptors (Lipinski definition) is 4. The van der Waals surface area contributed by atoms with Crippen LogP contribution in [0.4, 0.5) is 11.4 Å². The molecule has 0 aliphatic carbocycles. The number of carbonyl (C=O) groups is 2. The number of rotatable bonds is 2. The van der Waals surface area contributed by atoms with Gasteiger partial charge in [0.1, 0.15) is 6.04 Å². The quantitative estimate of drug-likeness (QED) is 0.572. The van der Waals surface area contributed by atoms with Gasteiger partial charge in [-0.3, -0.25) is 14.9 Å². The second-order valence-electron chi connectivity index (χ2n) is 4.01. The Bertz CT molecular complexity index is 496. The molecule has 18 heavy (non-hydrogen) atoms. The lowest BCUT2D eigenvalue weighted by Crippen LogP contribution is -2.47. The molecule has 1 unspecified atom stereocenters. The van der Waals surface area contributed by atoms with E-state index in [1.807, 2.05) is 0 Å². The second-order valence-corrected chi connectivity index (χ2v) is 4.82. The zero-order chi connectivity index (χ0) is 13.3. The first-order chi connectivity index (χ1) is 8.47. The minimum Gasteiger partial charge on any atom is -0.399 e. The highest BCUT2D eigenvalue weighted by Gasteiger charge is 2.27. The molecular formula is C11H11Cl2N3O2. The predicted octanol–water partition coefficient (Wildman–Crippen LogP) is 1.79. The maximum atomic E-state index is 11.6. The zero-order valence-corrected chi connectivity index (χ0v) is 10.8. The molecule has 0 bridgehead atoms. The number of benzene rings is 1. The lowest BCUT2D eigenvalue weighted by Gasteiger charge is -2.23. The van der Waals surface area contributed by atoms with E-state index in [4.69, 9.17) is 28.9 Å². The van der Waals surface area contributed by atoms with Crippen molar-refractivity contribution in [2.45, 2.75) is 18.9 Å². The summed E-state index contributed by atoms with van der Waals surface area (Å²) in [5.74, 6) is -0.650. The number of imide groups is 1. The van der Waals surface area contributed by atoms with Crippen molar-refractivity contribution in [3.8, 4) is 0 Å². The molecule has 2 amide bonds. The van der Waals surface area contributed by atoms with Crippen LogP contribution >= 0.6 is 23.2 Å². The molecule has 0 saturated carbocycles. The molecule has 1 fully saturated rings. The van der Waals surface area contributed by atoms with Gasteiger partial charge in [-0.05, 0) is 18.6 Å². The Labute approximate surface area is 114 Å². The van der Waals surface area contributed by atoms with Crippen molar-refractivity contribution < 1.29 is 9.59 Å². The number of nitrogen functional groups attached to an aromatic ring is 1. The first-order valence-electron chi connectivity index (χ1n) is 5.32. The van der Waals surface area contributed by atoms with E-state index in [1.165, 1.54) is 0 Å². The number of nitrogens with one attached hydrogen (secondary N) is 2. The van der Waals surface area contributed by atoms with Gasteiger partial charge in [-0.2, -0.15) is 0 Å². The molecular weight excluding hydrogens is 277 g/mol. The highest BCUT2D eigenvalue weighted by atomic mass is 35.5. The third-order valence-electron chi connectivity index (χ3n) is 2.62. The van der Waals surface area contributed by atoms with Crippen LogP contribution < -0.4 is 16.4 Å². The third-order valence-corrected chi connectivity index (χ3v) is 3.22. The molecule has 0 aromatic heterocycles. The van der Waals surface area contributed by atoms with Crippen LogP contribution in [0.1, 0.15) is 12.8 Å². The van der Waals surface area contributed by atoms with E-state index < -0.39 is 6.04 Å². The Morgan fingerprint density at radius 1 is 1.28 bits per heavy atom. The first-order valence-corrected chi connectivity index (χ1v) is 6.07. The number of carbonyl (C=O) groups excluding carboxylic acids is 2. The van der Waals surface area contributed by atoms with Gasteiger partial charge in [0.25, 0.3) is 0 Å². The average molecular weight is 288 g/mol. The summed E-state index contributed by atoms with van der Waals surface area (Å²) in [4.78, 5) is 22.6. The highest BCUT2D eigenvalue weighted by Crippen LogP contribution is 2.33. The van der Waals surface area contributed by atoms with Gasteiger partial charge in [0.05, 0.1) is 15.7 Å². The molecule has 1 atom stereocenters. The van der Waals surface area contributed by atoms with Crippen LogP contribution in [0.15, 0.2) is 12.1 Å². The minimum atomic E-state index is -0.527.